The highest BCUT2D eigenvalue weighted by atomic mass is 15.0. The Hall–Kier alpha value is -0.340. The van der Waals surface area contributed by atoms with Crippen molar-refractivity contribution in [1.29, 1.82) is 0 Å². The molecule has 0 fully saturated rings. The van der Waals surface area contributed by atoms with Crippen molar-refractivity contribution in [2.24, 2.45) is 5.73 Å². The smallest absolute Gasteiger partial charge is 0.0740 e. The third kappa shape index (κ3) is 2.16. The standard InChI is InChI=1S/C7H14N2/c1-6-4-2-3-5-7(8)9-6/h3,5-7,9H,2,4,8H2,1H3. The summed E-state index contributed by atoms with van der Waals surface area (Å²) in [6, 6.07) is 0.565. The number of rotatable bonds is 0. The van der Waals surface area contributed by atoms with Gasteiger partial charge in [-0.2, -0.15) is 0 Å². The van der Waals surface area contributed by atoms with Gasteiger partial charge in [0.2, 0.25) is 0 Å². The Kier molecular flexibility index (Phi) is 2.25. The van der Waals surface area contributed by atoms with Crippen LogP contribution < -0.4 is 11.1 Å². The molecule has 1 rings (SSSR count). The summed E-state index contributed by atoms with van der Waals surface area (Å²) in [5.41, 5.74) is 5.63. The van der Waals surface area contributed by atoms with E-state index in [4.69, 9.17) is 5.73 Å². The van der Waals surface area contributed by atoms with Gasteiger partial charge in [-0.1, -0.05) is 12.2 Å². The van der Waals surface area contributed by atoms with Crippen LogP contribution in [-0.4, -0.2) is 12.2 Å². The number of nitrogens with two attached hydrogens (primary N) is 1. The summed E-state index contributed by atoms with van der Waals surface area (Å²) in [5, 5.41) is 3.23. The number of allylic oxidation sites excluding steroid dienone is 1. The second kappa shape index (κ2) is 2.99. The first-order chi connectivity index (χ1) is 4.29. The molecule has 0 saturated carbocycles. The molecular formula is C7H14N2. The van der Waals surface area contributed by atoms with E-state index in [1.54, 1.807) is 0 Å². The fourth-order valence-electron chi connectivity index (χ4n) is 1.06. The lowest BCUT2D eigenvalue weighted by Crippen LogP contribution is -2.40. The third-order valence-corrected chi connectivity index (χ3v) is 1.59. The van der Waals surface area contributed by atoms with Gasteiger partial charge in [-0.05, 0) is 19.8 Å². The zero-order chi connectivity index (χ0) is 6.69. The van der Waals surface area contributed by atoms with E-state index in [2.05, 4.69) is 18.3 Å². The molecule has 2 atom stereocenters. The molecule has 0 spiro atoms. The van der Waals surface area contributed by atoms with Crippen molar-refractivity contribution in [2.45, 2.75) is 32.0 Å². The fourth-order valence-corrected chi connectivity index (χ4v) is 1.06. The van der Waals surface area contributed by atoms with Gasteiger partial charge in [0.15, 0.2) is 0 Å². The van der Waals surface area contributed by atoms with Gasteiger partial charge in [0.25, 0.3) is 0 Å². The van der Waals surface area contributed by atoms with Gasteiger partial charge in [-0.25, -0.2) is 0 Å². The molecule has 0 bridgehead atoms. The van der Waals surface area contributed by atoms with Crippen molar-refractivity contribution in [3.05, 3.63) is 12.2 Å². The summed E-state index contributed by atoms with van der Waals surface area (Å²) in [5.74, 6) is 0. The van der Waals surface area contributed by atoms with Gasteiger partial charge in [0, 0.05) is 6.04 Å². The number of hydrogen-bond donors (Lipinski definition) is 2. The molecule has 1 aliphatic heterocycles. The predicted octanol–water partition coefficient (Wildman–Crippen LogP) is 0.599. The molecule has 1 heterocycles. The van der Waals surface area contributed by atoms with E-state index in [1.165, 1.54) is 6.42 Å². The average molecular weight is 126 g/mol. The van der Waals surface area contributed by atoms with Gasteiger partial charge in [-0.3, -0.25) is 5.32 Å². The summed E-state index contributed by atoms with van der Waals surface area (Å²) in [6.45, 7) is 2.16. The lowest BCUT2D eigenvalue weighted by Gasteiger charge is -2.12. The molecule has 0 radical (unpaired) electrons. The summed E-state index contributed by atoms with van der Waals surface area (Å²) in [6.07, 6.45) is 6.58. The van der Waals surface area contributed by atoms with Crippen LogP contribution in [0.1, 0.15) is 19.8 Å². The van der Waals surface area contributed by atoms with E-state index in [-0.39, 0.29) is 6.17 Å². The molecule has 3 N–H and O–H groups in total. The molecular weight excluding hydrogens is 112 g/mol. The molecule has 0 amide bonds. The lowest BCUT2D eigenvalue weighted by molar-refractivity contribution is 0.494. The maximum absolute atomic E-state index is 5.63. The third-order valence-electron chi connectivity index (χ3n) is 1.59. The Morgan fingerprint density at radius 3 is 3.22 bits per heavy atom. The summed E-state index contributed by atoms with van der Waals surface area (Å²) in [4.78, 5) is 0. The maximum Gasteiger partial charge on any atom is 0.0740 e. The van der Waals surface area contributed by atoms with Gasteiger partial charge in [-0.15, -0.1) is 0 Å². The molecule has 0 aromatic heterocycles. The molecule has 52 valence electrons. The predicted molar refractivity (Wildman–Crippen MR) is 38.9 cm³/mol. The topological polar surface area (TPSA) is 38.0 Å². The van der Waals surface area contributed by atoms with E-state index in [9.17, 15) is 0 Å². The van der Waals surface area contributed by atoms with Crippen molar-refractivity contribution < 1.29 is 0 Å². The van der Waals surface area contributed by atoms with Crippen LogP contribution in [0.4, 0.5) is 0 Å². The normalized spacial score (nSPS) is 36.2. The van der Waals surface area contributed by atoms with E-state index in [1.807, 2.05) is 6.08 Å². The molecule has 0 aliphatic carbocycles. The zero-order valence-corrected chi connectivity index (χ0v) is 5.80. The highest BCUT2D eigenvalue weighted by Gasteiger charge is 2.06. The van der Waals surface area contributed by atoms with Crippen LogP contribution in [0, 0.1) is 0 Å². The monoisotopic (exact) mass is 126 g/mol. The van der Waals surface area contributed by atoms with Crippen molar-refractivity contribution in [3.8, 4) is 0 Å². The largest absolute Gasteiger partial charge is 0.313 e. The number of nitrogens with one attached hydrogen (secondary N) is 1. The summed E-state index contributed by atoms with van der Waals surface area (Å²) < 4.78 is 0. The minimum Gasteiger partial charge on any atom is -0.313 e. The quantitative estimate of drug-likeness (QED) is 0.466. The van der Waals surface area contributed by atoms with Crippen molar-refractivity contribution in [2.75, 3.05) is 0 Å². The van der Waals surface area contributed by atoms with Crippen molar-refractivity contribution in [3.63, 3.8) is 0 Å². The minimum absolute atomic E-state index is 0.0718. The fraction of sp³-hybridized carbons (Fsp3) is 0.714. The highest BCUT2D eigenvalue weighted by molar-refractivity contribution is 4.94. The Labute approximate surface area is 56.1 Å². The lowest BCUT2D eigenvalue weighted by atomic mass is 10.2. The van der Waals surface area contributed by atoms with Crippen LogP contribution in [0.2, 0.25) is 0 Å². The molecule has 0 aromatic rings. The average Bonchev–Trinajstić information content (AvgIpc) is 1.93. The SMILES string of the molecule is CC1CCC=CC(N)N1. The van der Waals surface area contributed by atoms with Crippen LogP contribution in [-0.2, 0) is 0 Å². The van der Waals surface area contributed by atoms with E-state index in [0.29, 0.717) is 6.04 Å². The van der Waals surface area contributed by atoms with Gasteiger partial charge < -0.3 is 5.73 Å². The molecule has 1 aliphatic rings. The maximum atomic E-state index is 5.63. The molecule has 2 nitrogen and oxygen atoms in total. The van der Waals surface area contributed by atoms with Gasteiger partial charge in [0.05, 0.1) is 6.17 Å². The van der Waals surface area contributed by atoms with Crippen LogP contribution in [0.5, 0.6) is 0 Å². The van der Waals surface area contributed by atoms with Crippen LogP contribution >= 0.6 is 0 Å². The molecule has 2 unspecified atom stereocenters. The van der Waals surface area contributed by atoms with Crippen LogP contribution in [0.3, 0.4) is 0 Å². The molecule has 9 heavy (non-hydrogen) atoms. The first-order valence-corrected chi connectivity index (χ1v) is 3.47. The van der Waals surface area contributed by atoms with Crippen molar-refractivity contribution >= 4 is 0 Å². The Bertz CT molecular complexity index is 109. The molecule has 0 aromatic carbocycles. The van der Waals surface area contributed by atoms with E-state index < -0.39 is 0 Å². The Morgan fingerprint density at radius 1 is 1.67 bits per heavy atom. The first kappa shape index (κ1) is 6.78. The van der Waals surface area contributed by atoms with Gasteiger partial charge in [0.1, 0.15) is 0 Å². The van der Waals surface area contributed by atoms with Gasteiger partial charge >= 0.3 is 0 Å². The second-order valence-corrected chi connectivity index (χ2v) is 2.60. The Morgan fingerprint density at radius 2 is 2.44 bits per heavy atom. The summed E-state index contributed by atoms with van der Waals surface area (Å²) in [7, 11) is 0. The van der Waals surface area contributed by atoms with Crippen LogP contribution in [0.15, 0.2) is 12.2 Å². The van der Waals surface area contributed by atoms with Crippen molar-refractivity contribution in [1.82, 2.24) is 5.32 Å². The number of hydrogen-bond acceptors (Lipinski definition) is 2. The minimum atomic E-state index is 0.0718. The second-order valence-electron chi connectivity index (χ2n) is 2.60. The Balaban J connectivity index is 2.40. The zero-order valence-electron chi connectivity index (χ0n) is 5.80. The molecule has 2 heteroatoms. The van der Waals surface area contributed by atoms with E-state index in [0.717, 1.165) is 6.42 Å². The summed E-state index contributed by atoms with van der Waals surface area (Å²) >= 11 is 0. The highest BCUT2D eigenvalue weighted by Crippen LogP contribution is 2.02. The van der Waals surface area contributed by atoms with Crippen LogP contribution in [0.25, 0.3) is 0 Å². The first-order valence-electron chi connectivity index (χ1n) is 3.47. The molecule has 0 saturated heterocycles. The van der Waals surface area contributed by atoms with E-state index >= 15 is 0 Å².